The number of hydrogen-bond acceptors (Lipinski definition) is 3. The van der Waals surface area contributed by atoms with Crippen LogP contribution in [0.15, 0.2) is 41.6 Å². The second-order valence-electron chi connectivity index (χ2n) is 4.20. The third kappa shape index (κ3) is 3.43. The van der Waals surface area contributed by atoms with Crippen molar-refractivity contribution in [2.24, 2.45) is 5.11 Å². The van der Waals surface area contributed by atoms with Gasteiger partial charge in [0, 0.05) is 16.5 Å². The number of fused-ring (bicyclic) bond motifs is 1. The Bertz CT molecular complexity index is 650. The van der Waals surface area contributed by atoms with Gasteiger partial charge in [-0.3, -0.25) is 9.78 Å². The summed E-state index contributed by atoms with van der Waals surface area (Å²) in [5.74, 6) is -0.980. The van der Waals surface area contributed by atoms with E-state index in [2.05, 4.69) is 15.0 Å². The molecule has 0 saturated carbocycles. The molecule has 1 heterocycles. The van der Waals surface area contributed by atoms with E-state index in [1.165, 1.54) is 0 Å². The highest BCUT2D eigenvalue weighted by atomic mass is 16.4. The number of aliphatic carboxylic acids is 1. The van der Waals surface area contributed by atoms with Crippen LogP contribution in [0.2, 0.25) is 0 Å². The minimum absolute atomic E-state index is 0.184. The van der Waals surface area contributed by atoms with E-state index in [9.17, 15) is 4.79 Å². The summed E-state index contributed by atoms with van der Waals surface area (Å²) in [6.45, 7) is 0. The van der Waals surface area contributed by atoms with Gasteiger partial charge in [-0.1, -0.05) is 23.3 Å². The first kappa shape index (κ1) is 12.9. The number of rotatable bonds is 5. The van der Waals surface area contributed by atoms with E-state index in [0.717, 1.165) is 16.5 Å². The highest BCUT2D eigenvalue weighted by molar-refractivity contribution is 5.78. The molecule has 96 valence electrons. The van der Waals surface area contributed by atoms with Gasteiger partial charge < -0.3 is 5.11 Å². The van der Waals surface area contributed by atoms with Crippen molar-refractivity contribution >= 4 is 16.9 Å². The summed E-state index contributed by atoms with van der Waals surface area (Å²) in [6, 6.07) is 9.00. The second kappa shape index (κ2) is 5.84. The Morgan fingerprint density at radius 2 is 2.26 bits per heavy atom. The lowest BCUT2D eigenvalue weighted by Crippen LogP contribution is -2.13. The standard InChI is InChI=1S/C13H12N4O2/c14-17-16-11(7-13(18)19)6-9-5-10-3-1-2-4-12(10)15-8-9/h1-5,8,11H,6-7H2,(H,18,19)/t11-/m1/s1. The number of carboxylic acids is 1. The van der Waals surface area contributed by atoms with Crippen LogP contribution in [-0.2, 0) is 11.2 Å². The molecule has 6 nitrogen and oxygen atoms in total. The Morgan fingerprint density at radius 1 is 1.47 bits per heavy atom. The van der Waals surface area contributed by atoms with E-state index in [1.54, 1.807) is 6.20 Å². The van der Waals surface area contributed by atoms with Crippen LogP contribution in [0, 0.1) is 0 Å². The summed E-state index contributed by atoms with van der Waals surface area (Å²) in [4.78, 5) is 17.7. The molecule has 0 bridgehead atoms. The Kier molecular flexibility index (Phi) is 3.95. The molecule has 1 aromatic heterocycles. The molecule has 1 N–H and O–H groups in total. The Hall–Kier alpha value is -2.59. The van der Waals surface area contributed by atoms with E-state index in [1.807, 2.05) is 30.3 Å². The first-order valence-corrected chi connectivity index (χ1v) is 5.78. The fraction of sp³-hybridized carbons (Fsp3) is 0.231. The molecule has 0 fully saturated rings. The number of nitrogens with zero attached hydrogens (tertiary/aromatic N) is 4. The molecule has 19 heavy (non-hydrogen) atoms. The number of benzene rings is 1. The molecule has 0 radical (unpaired) electrons. The average molecular weight is 256 g/mol. The van der Waals surface area contributed by atoms with E-state index < -0.39 is 12.0 Å². The maximum atomic E-state index is 10.7. The smallest absolute Gasteiger partial charge is 0.303 e. The van der Waals surface area contributed by atoms with Crippen molar-refractivity contribution in [3.8, 4) is 0 Å². The third-order valence-electron chi connectivity index (χ3n) is 2.74. The third-order valence-corrected chi connectivity index (χ3v) is 2.74. The van der Waals surface area contributed by atoms with Gasteiger partial charge in [-0.15, -0.1) is 0 Å². The van der Waals surface area contributed by atoms with Gasteiger partial charge in [0.05, 0.1) is 18.0 Å². The van der Waals surface area contributed by atoms with Crippen molar-refractivity contribution in [2.75, 3.05) is 0 Å². The molecule has 1 atom stereocenters. The summed E-state index contributed by atoms with van der Waals surface area (Å²) in [5.41, 5.74) is 10.2. The van der Waals surface area contributed by atoms with Gasteiger partial charge in [-0.25, -0.2) is 0 Å². The SMILES string of the molecule is [N-]=[N+]=N[C@@H](CC(=O)O)Cc1cnc2ccccc2c1. The van der Waals surface area contributed by atoms with Gasteiger partial charge in [0.25, 0.3) is 0 Å². The van der Waals surface area contributed by atoms with E-state index in [0.29, 0.717) is 6.42 Å². The van der Waals surface area contributed by atoms with Crippen LogP contribution < -0.4 is 0 Å². The first-order chi connectivity index (χ1) is 9.19. The van der Waals surface area contributed by atoms with Crippen molar-refractivity contribution in [1.82, 2.24) is 4.98 Å². The molecule has 1 aromatic carbocycles. The summed E-state index contributed by atoms with van der Waals surface area (Å²) < 4.78 is 0. The molecule has 0 aliphatic carbocycles. The van der Waals surface area contributed by atoms with Crippen LogP contribution in [-0.4, -0.2) is 22.1 Å². The van der Waals surface area contributed by atoms with Gasteiger partial charge in [0.2, 0.25) is 0 Å². The predicted octanol–water partition coefficient (Wildman–Crippen LogP) is 2.93. The summed E-state index contributed by atoms with van der Waals surface area (Å²) >= 11 is 0. The van der Waals surface area contributed by atoms with Crippen LogP contribution in [0.1, 0.15) is 12.0 Å². The molecular formula is C13H12N4O2. The minimum atomic E-state index is -0.980. The van der Waals surface area contributed by atoms with E-state index >= 15 is 0 Å². The fourth-order valence-electron chi connectivity index (χ4n) is 1.93. The van der Waals surface area contributed by atoms with Crippen LogP contribution in [0.4, 0.5) is 0 Å². The molecule has 0 aliphatic rings. The Morgan fingerprint density at radius 3 is 3.00 bits per heavy atom. The van der Waals surface area contributed by atoms with Crippen molar-refractivity contribution in [3.63, 3.8) is 0 Å². The maximum absolute atomic E-state index is 10.7. The van der Waals surface area contributed by atoms with Gasteiger partial charge >= 0.3 is 5.97 Å². The summed E-state index contributed by atoms with van der Waals surface area (Å²) in [7, 11) is 0. The number of azide groups is 1. The zero-order chi connectivity index (χ0) is 13.7. The van der Waals surface area contributed by atoms with Gasteiger partial charge in [0.1, 0.15) is 0 Å². The lowest BCUT2D eigenvalue weighted by Gasteiger charge is -2.08. The number of pyridine rings is 1. The maximum Gasteiger partial charge on any atom is 0.303 e. The van der Waals surface area contributed by atoms with Gasteiger partial charge in [-0.05, 0) is 29.6 Å². The Balaban J connectivity index is 2.23. The lowest BCUT2D eigenvalue weighted by molar-refractivity contribution is -0.137. The Labute approximate surface area is 109 Å². The number of carbonyl (C=O) groups is 1. The normalized spacial score (nSPS) is 11.8. The minimum Gasteiger partial charge on any atom is -0.481 e. The molecule has 0 unspecified atom stereocenters. The van der Waals surface area contributed by atoms with E-state index in [-0.39, 0.29) is 6.42 Å². The predicted molar refractivity (Wildman–Crippen MR) is 70.6 cm³/mol. The molecule has 0 spiro atoms. The quantitative estimate of drug-likeness (QED) is 0.505. The van der Waals surface area contributed by atoms with Crippen LogP contribution in [0.25, 0.3) is 21.3 Å². The average Bonchev–Trinajstić information content (AvgIpc) is 2.38. The zero-order valence-electron chi connectivity index (χ0n) is 10.1. The van der Waals surface area contributed by atoms with Gasteiger partial charge in [-0.2, -0.15) is 0 Å². The number of hydrogen-bond donors (Lipinski definition) is 1. The van der Waals surface area contributed by atoms with Crippen molar-refractivity contribution in [2.45, 2.75) is 18.9 Å². The molecule has 0 amide bonds. The zero-order valence-corrected chi connectivity index (χ0v) is 10.1. The van der Waals surface area contributed by atoms with Crippen molar-refractivity contribution in [1.29, 1.82) is 0 Å². The van der Waals surface area contributed by atoms with Crippen molar-refractivity contribution < 1.29 is 9.90 Å². The van der Waals surface area contributed by atoms with Crippen LogP contribution >= 0.6 is 0 Å². The number of carboxylic acid groups (broad SMARTS) is 1. The molecule has 2 aromatic rings. The highest BCUT2D eigenvalue weighted by Crippen LogP contribution is 2.15. The fourth-order valence-corrected chi connectivity index (χ4v) is 1.93. The largest absolute Gasteiger partial charge is 0.481 e. The topological polar surface area (TPSA) is 99.0 Å². The van der Waals surface area contributed by atoms with Crippen LogP contribution in [0.3, 0.4) is 0 Å². The first-order valence-electron chi connectivity index (χ1n) is 5.78. The van der Waals surface area contributed by atoms with Crippen LogP contribution in [0.5, 0.6) is 0 Å². The van der Waals surface area contributed by atoms with E-state index in [4.69, 9.17) is 10.6 Å². The number of aromatic nitrogens is 1. The second-order valence-corrected chi connectivity index (χ2v) is 4.20. The molecule has 6 heteroatoms. The molecule has 2 rings (SSSR count). The summed E-state index contributed by atoms with van der Waals surface area (Å²) in [6.07, 6.45) is 1.87. The molecular weight excluding hydrogens is 244 g/mol. The molecule has 0 saturated heterocycles. The number of para-hydroxylation sites is 1. The highest BCUT2D eigenvalue weighted by Gasteiger charge is 2.12. The monoisotopic (exact) mass is 256 g/mol. The van der Waals surface area contributed by atoms with Gasteiger partial charge in [0.15, 0.2) is 0 Å². The summed E-state index contributed by atoms with van der Waals surface area (Å²) in [5, 5.41) is 13.3. The molecule has 0 aliphatic heterocycles. The lowest BCUT2D eigenvalue weighted by atomic mass is 10.0. The van der Waals surface area contributed by atoms with Crippen molar-refractivity contribution in [3.05, 3.63) is 52.5 Å².